The molecule has 0 saturated heterocycles. The number of amides is 1. The molecule has 0 aliphatic carbocycles. The summed E-state index contributed by atoms with van der Waals surface area (Å²) < 4.78 is 16.4. The summed E-state index contributed by atoms with van der Waals surface area (Å²) in [5.41, 5.74) is 3.41. The van der Waals surface area contributed by atoms with E-state index in [2.05, 4.69) is 10.5 Å². The van der Waals surface area contributed by atoms with Crippen molar-refractivity contribution in [1.29, 1.82) is 0 Å². The second-order valence-electron chi connectivity index (χ2n) is 7.37. The summed E-state index contributed by atoms with van der Waals surface area (Å²) in [6.45, 7) is -0.186. The van der Waals surface area contributed by atoms with E-state index in [9.17, 15) is 9.59 Å². The predicted molar refractivity (Wildman–Crippen MR) is 135 cm³/mol. The molecule has 4 aromatic rings. The number of ether oxygens (including phenoxy) is 3. The average Bonchev–Trinajstić information content (AvgIpc) is 2.88. The molecule has 0 heterocycles. The molecule has 0 radical (unpaired) electrons. The Hall–Kier alpha value is -4.36. The molecule has 0 saturated carbocycles. The van der Waals surface area contributed by atoms with Gasteiger partial charge in [-0.05, 0) is 59.5 Å². The molecular formula is C27H21ClN2O5. The number of halogens is 1. The molecule has 0 bridgehead atoms. The number of methoxy groups -OCH3 is 1. The molecular weight excluding hydrogens is 468 g/mol. The number of esters is 1. The zero-order chi connectivity index (χ0) is 24.6. The molecule has 0 aromatic heterocycles. The van der Waals surface area contributed by atoms with Crippen LogP contribution in [0.2, 0.25) is 5.02 Å². The molecule has 176 valence electrons. The Balaban J connectivity index is 1.34. The summed E-state index contributed by atoms with van der Waals surface area (Å²) in [7, 11) is 1.46. The quantitative estimate of drug-likeness (QED) is 0.158. The fourth-order valence-electron chi connectivity index (χ4n) is 3.27. The molecule has 0 aliphatic rings. The normalized spacial score (nSPS) is 10.8. The number of hydrazone groups is 1. The first-order valence-electron chi connectivity index (χ1n) is 10.6. The van der Waals surface area contributed by atoms with Gasteiger partial charge >= 0.3 is 5.97 Å². The van der Waals surface area contributed by atoms with Crippen molar-refractivity contribution in [1.82, 2.24) is 5.43 Å². The van der Waals surface area contributed by atoms with Crippen LogP contribution >= 0.6 is 11.6 Å². The average molecular weight is 489 g/mol. The maximum Gasteiger partial charge on any atom is 0.343 e. The number of rotatable bonds is 8. The van der Waals surface area contributed by atoms with Crippen LogP contribution in [0.3, 0.4) is 0 Å². The first-order chi connectivity index (χ1) is 17.0. The molecule has 0 atom stereocenters. The summed E-state index contributed by atoms with van der Waals surface area (Å²) in [4.78, 5) is 24.5. The van der Waals surface area contributed by atoms with E-state index in [1.165, 1.54) is 13.3 Å². The first-order valence-corrected chi connectivity index (χ1v) is 11.0. The Morgan fingerprint density at radius 1 is 0.914 bits per heavy atom. The van der Waals surface area contributed by atoms with Crippen molar-refractivity contribution in [3.8, 4) is 17.2 Å². The molecule has 4 rings (SSSR count). The minimum Gasteiger partial charge on any atom is -0.493 e. The van der Waals surface area contributed by atoms with Gasteiger partial charge in [-0.3, -0.25) is 4.79 Å². The van der Waals surface area contributed by atoms with Gasteiger partial charge in [-0.15, -0.1) is 0 Å². The second kappa shape index (κ2) is 11.2. The number of nitrogens with zero attached hydrogens (tertiary/aromatic N) is 1. The number of carbonyl (C=O) groups excluding carboxylic acids is 2. The smallest absolute Gasteiger partial charge is 0.343 e. The van der Waals surface area contributed by atoms with Crippen molar-refractivity contribution in [3.63, 3.8) is 0 Å². The highest BCUT2D eigenvalue weighted by Gasteiger charge is 2.13. The van der Waals surface area contributed by atoms with Gasteiger partial charge in [0.25, 0.3) is 5.91 Å². The number of carbonyl (C=O) groups is 2. The number of hydrogen-bond acceptors (Lipinski definition) is 6. The molecule has 1 N–H and O–H groups in total. The van der Waals surface area contributed by atoms with Crippen LogP contribution in [0.1, 0.15) is 15.9 Å². The van der Waals surface area contributed by atoms with E-state index in [1.807, 2.05) is 42.5 Å². The standard InChI is InChI=1S/C27H21ClN2O5/c1-33-25-15-18(9-14-24(25)35-27(32)20-10-12-21(28)13-11-20)16-29-30-26(31)17-34-23-8-4-6-19-5-2-3-7-22(19)23/h2-16H,17H2,1H3,(H,30,31)/b29-16+. The van der Waals surface area contributed by atoms with Gasteiger partial charge in [0.15, 0.2) is 18.1 Å². The highest BCUT2D eigenvalue weighted by atomic mass is 35.5. The minimum absolute atomic E-state index is 0.186. The lowest BCUT2D eigenvalue weighted by atomic mass is 10.1. The Morgan fingerprint density at radius 3 is 2.49 bits per heavy atom. The van der Waals surface area contributed by atoms with Crippen LogP contribution < -0.4 is 19.6 Å². The van der Waals surface area contributed by atoms with Crippen molar-refractivity contribution in [2.75, 3.05) is 13.7 Å². The van der Waals surface area contributed by atoms with Crippen LogP contribution in [0, 0.1) is 0 Å². The van der Waals surface area contributed by atoms with Crippen LogP contribution in [0.5, 0.6) is 17.2 Å². The number of fused-ring (bicyclic) bond motifs is 1. The van der Waals surface area contributed by atoms with Gasteiger partial charge in [-0.25, -0.2) is 10.2 Å². The molecule has 1 amide bonds. The first kappa shape index (κ1) is 23.8. The molecule has 0 spiro atoms. The fourth-order valence-corrected chi connectivity index (χ4v) is 3.40. The Labute approximate surface area is 206 Å². The zero-order valence-corrected chi connectivity index (χ0v) is 19.5. The fraction of sp³-hybridized carbons (Fsp3) is 0.0741. The summed E-state index contributed by atoms with van der Waals surface area (Å²) in [5.74, 6) is 0.254. The summed E-state index contributed by atoms with van der Waals surface area (Å²) in [6, 6.07) is 24.7. The molecule has 0 fully saturated rings. The Morgan fingerprint density at radius 2 is 1.69 bits per heavy atom. The van der Waals surface area contributed by atoms with Gasteiger partial charge in [-0.2, -0.15) is 5.10 Å². The van der Waals surface area contributed by atoms with Gasteiger partial charge in [0.2, 0.25) is 0 Å². The van der Waals surface area contributed by atoms with Crippen molar-refractivity contribution in [3.05, 3.63) is 101 Å². The monoisotopic (exact) mass is 488 g/mol. The van der Waals surface area contributed by atoms with E-state index in [0.717, 1.165) is 10.8 Å². The van der Waals surface area contributed by atoms with Crippen molar-refractivity contribution < 1.29 is 23.8 Å². The van der Waals surface area contributed by atoms with Crippen LogP contribution in [0.25, 0.3) is 10.8 Å². The molecule has 35 heavy (non-hydrogen) atoms. The van der Waals surface area contributed by atoms with Crippen molar-refractivity contribution in [2.24, 2.45) is 5.10 Å². The maximum atomic E-state index is 12.4. The topological polar surface area (TPSA) is 86.2 Å². The summed E-state index contributed by atoms with van der Waals surface area (Å²) >= 11 is 5.85. The van der Waals surface area contributed by atoms with E-state index in [4.69, 9.17) is 25.8 Å². The van der Waals surface area contributed by atoms with Crippen LogP contribution in [0.4, 0.5) is 0 Å². The largest absolute Gasteiger partial charge is 0.493 e. The van der Waals surface area contributed by atoms with E-state index in [-0.39, 0.29) is 12.4 Å². The van der Waals surface area contributed by atoms with Crippen molar-refractivity contribution in [2.45, 2.75) is 0 Å². The third-order valence-corrected chi connectivity index (χ3v) is 5.23. The summed E-state index contributed by atoms with van der Waals surface area (Å²) in [5, 5.41) is 6.43. The summed E-state index contributed by atoms with van der Waals surface area (Å²) in [6.07, 6.45) is 1.45. The number of benzene rings is 4. The van der Waals surface area contributed by atoms with Gasteiger partial charge in [0.05, 0.1) is 18.9 Å². The highest BCUT2D eigenvalue weighted by molar-refractivity contribution is 6.30. The van der Waals surface area contributed by atoms with Crippen LogP contribution in [-0.2, 0) is 4.79 Å². The van der Waals surface area contributed by atoms with Crippen molar-refractivity contribution >= 4 is 40.5 Å². The Bertz CT molecular complexity index is 1380. The molecule has 4 aromatic carbocycles. The molecule has 7 nitrogen and oxygen atoms in total. The van der Waals surface area contributed by atoms with Crippen LogP contribution in [-0.4, -0.2) is 31.8 Å². The highest BCUT2D eigenvalue weighted by Crippen LogP contribution is 2.28. The lowest BCUT2D eigenvalue weighted by Gasteiger charge is -2.10. The van der Waals surface area contributed by atoms with E-state index in [0.29, 0.717) is 27.6 Å². The lowest BCUT2D eigenvalue weighted by Crippen LogP contribution is -2.24. The van der Waals surface area contributed by atoms with Gasteiger partial charge in [-0.1, -0.05) is 48.0 Å². The third kappa shape index (κ3) is 6.16. The van der Waals surface area contributed by atoms with E-state index >= 15 is 0 Å². The minimum atomic E-state index is -0.542. The lowest BCUT2D eigenvalue weighted by molar-refractivity contribution is -0.123. The maximum absolute atomic E-state index is 12.4. The van der Waals surface area contributed by atoms with Gasteiger partial charge in [0, 0.05) is 10.4 Å². The number of hydrogen-bond donors (Lipinski definition) is 1. The van der Waals surface area contributed by atoms with Gasteiger partial charge < -0.3 is 14.2 Å². The van der Waals surface area contributed by atoms with E-state index in [1.54, 1.807) is 42.5 Å². The number of nitrogens with one attached hydrogen (secondary N) is 1. The molecule has 8 heteroatoms. The molecule has 0 unspecified atom stereocenters. The van der Waals surface area contributed by atoms with E-state index < -0.39 is 11.9 Å². The second-order valence-corrected chi connectivity index (χ2v) is 7.80. The molecule has 0 aliphatic heterocycles. The van der Waals surface area contributed by atoms with Crippen LogP contribution in [0.15, 0.2) is 90.0 Å². The van der Waals surface area contributed by atoms with Gasteiger partial charge in [0.1, 0.15) is 5.75 Å². The third-order valence-electron chi connectivity index (χ3n) is 4.98. The predicted octanol–water partition coefficient (Wildman–Crippen LogP) is 5.25. The Kier molecular flexibility index (Phi) is 7.60. The zero-order valence-electron chi connectivity index (χ0n) is 18.7. The SMILES string of the molecule is COc1cc(/C=N/NC(=O)COc2cccc3ccccc23)ccc1OC(=O)c1ccc(Cl)cc1.